The summed E-state index contributed by atoms with van der Waals surface area (Å²) in [5, 5.41) is 0. The first-order valence-electron chi connectivity index (χ1n) is 4.58. The highest BCUT2D eigenvalue weighted by atomic mass is 16.5. The van der Waals surface area contributed by atoms with Crippen LogP contribution in [-0.2, 0) is 9.53 Å². The third kappa shape index (κ3) is 4.16. The molecule has 0 aromatic carbocycles. The van der Waals surface area contributed by atoms with E-state index in [1.165, 1.54) is 0 Å². The molecule has 0 aliphatic carbocycles. The Bertz CT molecular complexity index is 159. The van der Waals surface area contributed by atoms with E-state index in [1.807, 2.05) is 19.9 Å². The lowest BCUT2D eigenvalue weighted by atomic mass is 10.2. The van der Waals surface area contributed by atoms with Crippen LogP contribution in [0.5, 0.6) is 0 Å². The average molecular weight is 170 g/mol. The lowest BCUT2D eigenvalue weighted by Gasteiger charge is -2.04. The monoisotopic (exact) mass is 170 g/mol. The first-order chi connectivity index (χ1) is 5.76. The van der Waals surface area contributed by atoms with Gasteiger partial charge < -0.3 is 4.74 Å². The molecule has 0 saturated carbocycles. The standard InChI is InChI=1S/C10H18O2/c1-4-7-8-12-10(11)9(5-2)6-3/h5H,4,6-8H2,1-3H3/b9-5+. The summed E-state index contributed by atoms with van der Waals surface area (Å²) < 4.78 is 5.02. The van der Waals surface area contributed by atoms with Gasteiger partial charge in [-0.3, -0.25) is 0 Å². The molecule has 0 atom stereocenters. The van der Waals surface area contributed by atoms with Crippen molar-refractivity contribution in [3.05, 3.63) is 11.6 Å². The van der Waals surface area contributed by atoms with E-state index in [-0.39, 0.29) is 5.97 Å². The van der Waals surface area contributed by atoms with Crippen LogP contribution in [0.15, 0.2) is 11.6 Å². The fourth-order valence-corrected chi connectivity index (χ4v) is 0.868. The molecular formula is C10H18O2. The van der Waals surface area contributed by atoms with Crippen molar-refractivity contribution in [3.63, 3.8) is 0 Å². The Morgan fingerprint density at radius 2 is 2.08 bits per heavy atom. The zero-order valence-electron chi connectivity index (χ0n) is 8.22. The van der Waals surface area contributed by atoms with Crippen LogP contribution in [0.3, 0.4) is 0 Å². The van der Waals surface area contributed by atoms with Crippen LogP contribution < -0.4 is 0 Å². The van der Waals surface area contributed by atoms with E-state index < -0.39 is 0 Å². The maximum atomic E-state index is 11.2. The molecule has 0 unspecified atom stereocenters. The molecule has 0 aromatic rings. The van der Waals surface area contributed by atoms with Crippen molar-refractivity contribution in [2.75, 3.05) is 6.61 Å². The smallest absolute Gasteiger partial charge is 0.333 e. The summed E-state index contributed by atoms with van der Waals surface area (Å²) in [6.07, 6.45) is 4.58. The van der Waals surface area contributed by atoms with Crippen LogP contribution in [0.2, 0.25) is 0 Å². The maximum Gasteiger partial charge on any atom is 0.333 e. The molecule has 0 radical (unpaired) electrons. The Kier molecular flexibility index (Phi) is 6.44. The molecule has 70 valence electrons. The van der Waals surface area contributed by atoms with Crippen LogP contribution in [0.25, 0.3) is 0 Å². The molecule has 0 aliphatic rings. The fraction of sp³-hybridized carbons (Fsp3) is 0.700. The van der Waals surface area contributed by atoms with Crippen molar-refractivity contribution < 1.29 is 9.53 Å². The number of esters is 1. The second-order valence-electron chi connectivity index (χ2n) is 2.66. The molecule has 0 fully saturated rings. The number of allylic oxidation sites excluding steroid dienone is 1. The summed E-state index contributed by atoms with van der Waals surface area (Å²) in [5.41, 5.74) is 0.770. The second kappa shape index (κ2) is 6.89. The summed E-state index contributed by atoms with van der Waals surface area (Å²) in [6, 6.07) is 0. The number of rotatable bonds is 5. The van der Waals surface area contributed by atoms with E-state index in [9.17, 15) is 4.79 Å². The van der Waals surface area contributed by atoms with Crippen molar-refractivity contribution in [3.8, 4) is 0 Å². The number of carbonyl (C=O) groups excluding carboxylic acids is 1. The largest absolute Gasteiger partial charge is 0.462 e. The Balaban J connectivity index is 3.71. The number of unbranched alkanes of at least 4 members (excludes halogenated alkanes) is 1. The number of ether oxygens (including phenoxy) is 1. The Morgan fingerprint density at radius 3 is 2.50 bits per heavy atom. The van der Waals surface area contributed by atoms with Gasteiger partial charge in [0, 0.05) is 5.57 Å². The molecule has 12 heavy (non-hydrogen) atoms. The quantitative estimate of drug-likeness (QED) is 0.360. The zero-order chi connectivity index (χ0) is 9.40. The molecular weight excluding hydrogens is 152 g/mol. The number of hydrogen-bond acceptors (Lipinski definition) is 2. The second-order valence-corrected chi connectivity index (χ2v) is 2.66. The van der Waals surface area contributed by atoms with Crippen LogP contribution >= 0.6 is 0 Å². The molecule has 0 N–H and O–H groups in total. The van der Waals surface area contributed by atoms with E-state index in [4.69, 9.17) is 4.74 Å². The first kappa shape index (κ1) is 11.2. The summed E-state index contributed by atoms with van der Waals surface area (Å²) in [4.78, 5) is 11.2. The molecule has 0 aliphatic heterocycles. The number of hydrogen-bond donors (Lipinski definition) is 0. The van der Waals surface area contributed by atoms with E-state index in [1.54, 1.807) is 0 Å². The zero-order valence-corrected chi connectivity index (χ0v) is 8.22. The van der Waals surface area contributed by atoms with E-state index in [0.717, 1.165) is 24.8 Å². The minimum atomic E-state index is -0.159. The normalized spacial score (nSPS) is 11.4. The molecule has 0 saturated heterocycles. The van der Waals surface area contributed by atoms with E-state index in [2.05, 4.69) is 6.92 Å². The minimum absolute atomic E-state index is 0.159. The Morgan fingerprint density at radius 1 is 1.42 bits per heavy atom. The van der Waals surface area contributed by atoms with Gasteiger partial charge in [0.25, 0.3) is 0 Å². The minimum Gasteiger partial charge on any atom is -0.462 e. The lowest BCUT2D eigenvalue weighted by molar-refractivity contribution is -0.139. The lowest BCUT2D eigenvalue weighted by Crippen LogP contribution is -2.08. The molecule has 0 spiro atoms. The third-order valence-electron chi connectivity index (χ3n) is 1.72. The van der Waals surface area contributed by atoms with Gasteiger partial charge in [0.1, 0.15) is 0 Å². The summed E-state index contributed by atoms with van der Waals surface area (Å²) in [5.74, 6) is -0.159. The molecule has 0 rings (SSSR count). The van der Waals surface area contributed by atoms with Gasteiger partial charge in [-0.25, -0.2) is 4.79 Å². The Hall–Kier alpha value is -0.790. The predicted molar refractivity (Wildman–Crippen MR) is 49.9 cm³/mol. The van der Waals surface area contributed by atoms with Gasteiger partial charge in [0.15, 0.2) is 0 Å². The number of carbonyl (C=O) groups is 1. The van der Waals surface area contributed by atoms with Gasteiger partial charge in [0.05, 0.1) is 6.61 Å². The SMILES string of the molecule is C/C=C(\CC)C(=O)OCCCC. The topological polar surface area (TPSA) is 26.3 Å². The van der Waals surface area contributed by atoms with E-state index in [0.29, 0.717) is 6.61 Å². The molecule has 0 aromatic heterocycles. The molecule has 2 nitrogen and oxygen atoms in total. The highest BCUT2D eigenvalue weighted by Gasteiger charge is 2.06. The first-order valence-corrected chi connectivity index (χ1v) is 4.58. The van der Waals surface area contributed by atoms with E-state index >= 15 is 0 Å². The summed E-state index contributed by atoms with van der Waals surface area (Å²) >= 11 is 0. The van der Waals surface area contributed by atoms with Gasteiger partial charge in [0.2, 0.25) is 0 Å². The van der Waals surface area contributed by atoms with Gasteiger partial charge in [-0.2, -0.15) is 0 Å². The van der Waals surface area contributed by atoms with Gasteiger partial charge >= 0.3 is 5.97 Å². The van der Waals surface area contributed by atoms with Gasteiger partial charge in [-0.15, -0.1) is 0 Å². The van der Waals surface area contributed by atoms with Gasteiger partial charge in [-0.1, -0.05) is 26.3 Å². The fourth-order valence-electron chi connectivity index (χ4n) is 0.868. The van der Waals surface area contributed by atoms with Crippen LogP contribution in [0.4, 0.5) is 0 Å². The van der Waals surface area contributed by atoms with Crippen molar-refractivity contribution >= 4 is 5.97 Å². The molecule has 0 heterocycles. The van der Waals surface area contributed by atoms with Crippen LogP contribution in [0.1, 0.15) is 40.0 Å². The predicted octanol–water partition coefficient (Wildman–Crippen LogP) is 2.69. The molecule has 2 heteroatoms. The van der Waals surface area contributed by atoms with Crippen molar-refractivity contribution in [2.24, 2.45) is 0 Å². The highest BCUT2D eigenvalue weighted by Crippen LogP contribution is 2.03. The van der Waals surface area contributed by atoms with Crippen molar-refractivity contribution in [2.45, 2.75) is 40.0 Å². The highest BCUT2D eigenvalue weighted by molar-refractivity contribution is 5.88. The van der Waals surface area contributed by atoms with Crippen molar-refractivity contribution in [1.29, 1.82) is 0 Å². The summed E-state index contributed by atoms with van der Waals surface area (Å²) in [6.45, 7) is 6.44. The molecule has 0 amide bonds. The van der Waals surface area contributed by atoms with Crippen LogP contribution in [-0.4, -0.2) is 12.6 Å². The average Bonchev–Trinajstić information content (AvgIpc) is 2.07. The molecule has 0 bridgehead atoms. The Labute approximate surface area is 74.6 Å². The van der Waals surface area contributed by atoms with Crippen molar-refractivity contribution in [1.82, 2.24) is 0 Å². The third-order valence-corrected chi connectivity index (χ3v) is 1.72. The van der Waals surface area contributed by atoms with Crippen LogP contribution in [0, 0.1) is 0 Å². The summed E-state index contributed by atoms with van der Waals surface area (Å²) in [7, 11) is 0. The maximum absolute atomic E-state index is 11.2. The van der Waals surface area contributed by atoms with Gasteiger partial charge in [-0.05, 0) is 19.8 Å².